The van der Waals surface area contributed by atoms with E-state index in [1.807, 2.05) is 36.4 Å². The molecule has 0 radical (unpaired) electrons. The Hall–Kier alpha value is -2.70. The van der Waals surface area contributed by atoms with Gasteiger partial charge in [0.1, 0.15) is 5.60 Å². The molecule has 0 aromatic heterocycles. The Morgan fingerprint density at radius 1 is 0.906 bits per heavy atom. The van der Waals surface area contributed by atoms with Crippen molar-refractivity contribution in [2.75, 3.05) is 6.54 Å². The lowest BCUT2D eigenvalue weighted by atomic mass is 10.2. The molecule has 6 heteroatoms. The highest BCUT2D eigenvalue weighted by Gasteiger charge is 2.51. The van der Waals surface area contributed by atoms with E-state index in [2.05, 4.69) is 45.0 Å². The van der Waals surface area contributed by atoms with Crippen LogP contribution in [-0.4, -0.2) is 43.5 Å². The van der Waals surface area contributed by atoms with Crippen molar-refractivity contribution in [2.45, 2.75) is 58.3 Å². The zero-order valence-electron chi connectivity index (χ0n) is 19.8. The molecule has 0 unspecified atom stereocenters. The van der Waals surface area contributed by atoms with Crippen LogP contribution < -0.4 is 10.4 Å². The average molecular weight is 452 g/mol. The second-order valence-corrected chi connectivity index (χ2v) is 14.4. The van der Waals surface area contributed by atoms with Gasteiger partial charge in [-0.25, -0.2) is 9.69 Å². The van der Waals surface area contributed by atoms with Crippen LogP contribution in [0.15, 0.2) is 72.8 Å². The van der Waals surface area contributed by atoms with Crippen molar-refractivity contribution in [3.63, 3.8) is 0 Å². The molecular formula is C26H33NO4Si. The van der Waals surface area contributed by atoms with Crippen molar-refractivity contribution in [3.8, 4) is 0 Å². The molecule has 0 saturated carbocycles. The predicted octanol–water partition coefficient (Wildman–Crippen LogP) is 4.27. The predicted molar refractivity (Wildman–Crippen MR) is 130 cm³/mol. The maximum atomic E-state index is 12.7. The lowest BCUT2D eigenvalue weighted by Gasteiger charge is -2.45. The van der Waals surface area contributed by atoms with Gasteiger partial charge in [-0.15, -0.1) is 0 Å². The maximum Gasteiger partial charge on any atom is 0.417 e. The van der Waals surface area contributed by atoms with E-state index in [1.54, 1.807) is 26.8 Å². The molecule has 1 aliphatic heterocycles. The Kier molecular flexibility index (Phi) is 6.77. The number of ether oxygens (including phenoxy) is 1. The fourth-order valence-electron chi connectivity index (χ4n) is 4.09. The van der Waals surface area contributed by atoms with E-state index in [9.17, 15) is 9.59 Å². The molecule has 0 fully saturated rings. The van der Waals surface area contributed by atoms with Crippen LogP contribution in [0.5, 0.6) is 0 Å². The third-order valence-electron chi connectivity index (χ3n) is 5.44. The van der Waals surface area contributed by atoms with Gasteiger partial charge >= 0.3 is 6.09 Å². The number of carbonyl (C=O) groups is 2. The summed E-state index contributed by atoms with van der Waals surface area (Å²) >= 11 is 0. The summed E-state index contributed by atoms with van der Waals surface area (Å²) in [6.45, 7) is 12.1. The van der Waals surface area contributed by atoms with Gasteiger partial charge in [0, 0.05) is 6.08 Å². The summed E-state index contributed by atoms with van der Waals surface area (Å²) in [6.07, 6.45) is 2.09. The van der Waals surface area contributed by atoms with Gasteiger partial charge < -0.3 is 9.16 Å². The van der Waals surface area contributed by atoms with Gasteiger partial charge in [-0.1, -0.05) is 81.4 Å². The molecule has 0 aliphatic carbocycles. The lowest BCUT2D eigenvalue weighted by molar-refractivity contribution is -0.127. The first-order valence-corrected chi connectivity index (χ1v) is 12.9. The average Bonchev–Trinajstić information content (AvgIpc) is 2.72. The number of benzene rings is 2. The van der Waals surface area contributed by atoms with Crippen LogP contribution in [-0.2, 0) is 14.0 Å². The van der Waals surface area contributed by atoms with Gasteiger partial charge in [0.25, 0.3) is 14.2 Å². The van der Waals surface area contributed by atoms with Crippen LogP contribution in [0.3, 0.4) is 0 Å². The number of amides is 2. The zero-order chi connectivity index (χ0) is 23.6. The minimum Gasteiger partial charge on any atom is -0.443 e. The van der Waals surface area contributed by atoms with E-state index in [-0.39, 0.29) is 17.5 Å². The Morgan fingerprint density at radius 3 is 1.84 bits per heavy atom. The number of rotatable bonds is 4. The normalized spacial score (nSPS) is 17.4. The van der Waals surface area contributed by atoms with Crippen LogP contribution in [0.25, 0.3) is 0 Å². The van der Waals surface area contributed by atoms with Crippen LogP contribution in [0.4, 0.5) is 4.79 Å². The van der Waals surface area contributed by atoms with Crippen molar-refractivity contribution in [1.29, 1.82) is 0 Å². The quantitative estimate of drug-likeness (QED) is 0.652. The van der Waals surface area contributed by atoms with Crippen LogP contribution in [0.2, 0.25) is 5.04 Å². The number of hydrogen-bond donors (Lipinski definition) is 0. The molecule has 1 aliphatic rings. The molecule has 170 valence electrons. The molecule has 0 bridgehead atoms. The Balaban J connectivity index is 2.03. The number of imide groups is 1. The van der Waals surface area contributed by atoms with E-state index < -0.39 is 26.1 Å². The summed E-state index contributed by atoms with van der Waals surface area (Å²) in [4.78, 5) is 26.3. The Bertz CT molecular complexity index is 935. The van der Waals surface area contributed by atoms with Crippen molar-refractivity contribution in [1.82, 2.24) is 4.90 Å². The van der Waals surface area contributed by atoms with Gasteiger partial charge in [-0.3, -0.25) is 4.79 Å². The summed E-state index contributed by atoms with van der Waals surface area (Å²) in [7, 11) is -2.81. The smallest absolute Gasteiger partial charge is 0.417 e. The van der Waals surface area contributed by atoms with Gasteiger partial charge in [-0.05, 0) is 42.3 Å². The molecular weight excluding hydrogens is 418 g/mol. The molecule has 1 atom stereocenters. The molecule has 0 spiro atoms. The van der Waals surface area contributed by atoms with Crippen molar-refractivity contribution < 1.29 is 18.8 Å². The Morgan fingerprint density at radius 2 is 1.41 bits per heavy atom. The first-order chi connectivity index (χ1) is 14.9. The second kappa shape index (κ2) is 9.04. The van der Waals surface area contributed by atoms with Crippen LogP contribution >= 0.6 is 0 Å². The standard InChI is InChI=1S/C26H33NO4Si/c1-25(2,3)30-24(29)27-19-20(17-18-23(27)28)31-32(26(4,5)6,21-13-9-7-10-14-21)22-15-11-8-12-16-22/h7-18,20H,19H2,1-6H3/t20-/m1/s1. The maximum absolute atomic E-state index is 12.7. The third-order valence-corrected chi connectivity index (χ3v) is 10.5. The number of carbonyl (C=O) groups excluding carboxylic acids is 2. The highest BCUT2D eigenvalue weighted by molar-refractivity contribution is 6.99. The lowest BCUT2D eigenvalue weighted by Crippen LogP contribution is -2.68. The minimum absolute atomic E-state index is 0.120. The second-order valence-electron chi connectivity index (χ2n) is 10.1. The van der Waals surface area contributed by atoms with E-state index in [0.29, 0.717) is 0 Å². The summed E-state index contributed by atoms with van der Waals surface area (Å²) in [5, 5.41) is 2.09. The fraction of sp³-hybridized carbons (Fsp3) is 0.385. The van der Waals surface area contributed by atoms with Crippen LogP contribution in [0.1, 0.15) is 41.5 Å². The van der Waals surface area contributed by atoms with E-state index >= 15 is 0 Å². The topological polar surface area (TPSA) is 55.8 Å². The number of hydrogen-bond acceptors (Lipinski definition) is 4. The summed E-state index contributed by atoms with van der Waals surface area (Å²) in [5.74, 6) is -0.387. The van der Waals surface area contributed by atoms with Crippen LogP contribution in [0, 0.1) is 0 Å². The van der Waals surface area contributed by atoms with Gasteiger partial charge in [0.05, 0.1) is 12.6 Å². The largest absolute Gasteiger partial charge is 0.443 e. The molecule has 2 aromatic rings. The van der Waals surface area contributed by atoms with Gasteiger partial charge in [0.2, 0.25) is 0 Å². The fourth-order valence-corrected chi connectivity index (χ4v) is 8.71. The SMILES string of the molecule is CC(C)(C)OC(=O)N1C[C@H](O[Si](c2ccccc2)(c2ccccc2)C(C)(C)C)C=CC1=O. The Labute approximate surface area is 192 Å². The minimum atomic E-state index is -2.81. The number of nitrogens with zero attached hydrogens (tertiary/aromatic N) is 1. The third kappa shape index (κ3) is 5.02. The molecule has 1 heterocycles. The summed E-state index contributed by atoms with van der Waals surface area (Å²) in [6, 6.07) is 20.6. The van der Waals surface area contributed by atoms with Gasteiger partial charge in [-0.2, -0.15) is 0 Å². The highest BCUT2D eigenvalue weighted by atomic mass is 28.4. The van der Waals surface area contributed by atoms with Crippen molar-refractivity contribution in [3.05, 3.63) is 72.8 Å². The molecule has 5 nitrogen and oxygen atoms in total. The first-order valence-electron chi connectivity index (χ1n) is 11.0. The zero-order valence-corrected chi connectivity index (χ0v) is 20.8. The van der Waals surface area contributed by atoms with Crippen molar-refractivity contribution in [2.24, 2.45) is 0 Å². The highest BCUT2D eigenvalue weighted by Crippen LogP contribution is 2.38. The molecule has 2 aromatic carbocycles. The summed E-state index contributed by atoms with van der Waals surface area (Å²) in [5.41, 5.74) is -0.688. The molecule has 0 N–H and O–H groups in total. The van der Waals surface area contributed by atoms with E-state index in [0.717, 1.165) is 15.3 Å². The molecule has 3 rings (SSSR count). The molecule has 2 amide bonds. The summed E-state index contributed by atoms with van der Waals surface area (Å²) < 4.78 is 12.5. The van der Waals surface area contributed by atoms with Gasteiger partial charge in [0.15, 0.2) is 0 Å². The monoisotopic (exact) mass is 451 g/mol. The van der Waals surface area contributed by atoms with E-state index in [4.69, 9.17) is 9.16 Å². The van der Waals surface area contributed by atoms with Crippen molar-refractivity contribution >= 4 is 30.7 Å². The van der Waals surface area contributed by atoms with E-state index in [1.165, 1.54) is 6.08 Å². The first kappa shape index (κ1) is 23.9. The molecule has 32 heavy (non-hydrogen) atoms. The molecule has 0 saturated heterocycles.